The number of hydrogen-bond acceptors (Lipinski definition) is 3. The predicted molar refractivity (Wildman–Crippen MR) is 111 cm³/mol. The second-order valence-electron chi connectivity index (χ2n) is 6.73. The minimum absolute atomic E-state index is 0.238. The highest BCUT2D eigenvalue weighted by Crippen LogP contribution is 2.47. The van der Waals surface area contributed by atoms with Crippen LogP contribution in [0.25, 0.3) is 0 Å². The van der Waals surface area contributed by atoms with Crippen LogP contribution in [-0.2, 0) is 4.79 Å². The third-order valence-corrected chi connectivity index (χ3v) is 5.49. The maximum atomic E-state index is 13.5. The monoisotopic (exact) mass is 378 g/mol. The van der Waals surface area contributed by atoms with Gasteiger partial charge in [0.1, 0.15) is 5.75 Å². The highest BCUT2D eigenvalue weighted by atomic mass is 16.5. The molecule has 0 unspecified atom stereocenters. The number of likely N-dealkylation sites (N-methyl/N-ethyl adjacent to an activating group) is 1. The summed E-state index contributed by atoms with van der Waals surface area (Å²) in [5.74, 6) is -0.0696. The molecule has 0 saturated carbocycles. The molecular formula is C23H26N2O3. The van der Waals surface area contributed by atoms with E-state index in [-0.39, 0.29) is 5.91 Å². The first-order valence-electron chi connectivity index (χ1n) is 9.52. The summed E-state index contributed by atoms with van der Waals surface area (Å²) in [5.41, 5.74) is 0.742. The second kappa shape index (κ2) is 7.89. The summed E-state index contributed by atoms with van der Waals surface area (Å²) in [4.78, 5) is 15.1. The molecule has 0 aromatic heterocycles. The predicted octanol–water partition coefficient (Wildman–Crippen LogP) is 3.59. The molecule has 0 aliphatic carbocycles. The highest BCUT2D eigenvalue weighted by molar-refractivity contribution is 6.12. The van der Waals surface area contributed by atoms with Crippen molar-refractivity contribution >= 4 is 11.6 Å². The molecule has 5 nitrogen and oxygen atoms in total. The number of hydroxylamine groups is 1. The van der Waals surface area contributed by atoms with E-state index in [1.807, 2.05) is 68.4 Å². The van der Waals surface area contributed by atoms with Crippen molar-refractivity contribution in [1.82, 2.24) is 4.90 Å². The van der Waals surface area contributed by atoms with E-state index in [4.69, 9.17) is 4.74 Å². The molecular weight excluding hydrogens is 352 g/mol. The van der Waals surface area contributed by atoms with E-state index >= 15 is 0 Å². The smallest absolute Gasteiger partial charge is 0.301 e. The third kappa shape index (κ3) is 2.78. The van der Waals surface area contributed by atoms with Crippen molar-refractivity contribution in [3.05, 3.63) is 83.6 Å². The highest BCUT2D eigenvalue weighted by Gasteiger charge is 2.66. The van der Waals surface area contributed by atoms with Crippen LogP contribution in [0.15, 0.2) is 67.3 Å². The molecule has 1 amide bonds. The van der Waals surface area contributed by atoms with E-state index in [2.05, 4.69) is 6.58 Å². The fraction of sp³-hybridized carbons (Fsp3) is 0.304. The van der Waals surface area contributed by atoms with Gasteiger partial charge in [0.05, 0.1) is 7.11 Å². The van der Waals surface area contributed by atoms with Gasteiger partial charge in [0.25, 0.3) is 5.54 Å². The Hall–Kier alpha value is -3.08. The van der Waals surface area contributed by atoms with Crippen molar-refractivity contribution in [2.75, 3.05) is 20.2 Å². The van der Waals surface area contributed by atoms with Crippen molar-refractivity contribution in [3.8, 4) is 5.75 Å². The number of carbonyl (C=O) groups excluding carboxylic acids is 1. The molecule has 146 valence electrons. The lowest BCUT2D eigenvalue weighted by molar-refractivity contribution is -0.552. The zero-order chi connectivity index (χ0) is 20.3. The zero-order valence-electron chi connectivity index (χ0n) is 16.6. The fourth-order valence-electron chi connectivity index (χ4n) is 4.02. The lowest BCUT2D eigenvalue weighted by Crippen LogP contribution is -2.67. The summed E-state index contributed by atoms with van der Waals surface area (Å²) >= 11 is 0. The summed E-state index contributed by atoms with van der Waals surface area (Å²) < 4.78 is 6.39. The summed E-state index contributed by atoms with van der Waals surface area (Å²) in [6, 6.07) is 17.0. The Balaban J connectivity index is 2.26. The average Bonchev–Trinajstić information content (AvgIpc) is 2.74. The molecule has 0 saturated heterocycles. The number of methoxy groups -OCH3 is 1. The van der Waals surface area contributed by atoms with Gasteiger partial charge in [-0.15, -0.1) is 0 Å². The fourth-order valence-corrected chi connectivity index (χ4v) is 4.02. The van der Waals surface area contributed by atoms with E-state index in [1.165, 1.54) is 6.08 Å². The molecule has 1 heterocycles. The number of ether oxygens (including phenoxy) is 1. The molecule has 0 N–H and O–H groups in total. The summed E-state index contributed by atoms with van der Waals surface area (Å²) in [5, 5.41) is 13.4. The SMILES string of the molecule is C=C[C@]1(C(=O)N(CC)CC)[C@@H](c2ccccc2OC)C(c2ccccc2)=[N+]1[O-]. The van der Waals surface area contributed by atoms with Crippen LogP contribution < -0.4 is 4.74 Å². The van der Waals surface area contributed by atoms with Crippen LogP contribution in [-0.4, -0.2) is 47.0 Å². The molecule has 0 bridgehead atoms. The van der Waals surface area contributed by atoms with Crippen LogP contribution in [0.1, 0.15) is 30.9 Å². The maximum Gasteiger partial charge on any atom is 0.301 e. The quantitative estimate of drug-likeness (QED) is 0.420. The van der Waals surface area contributed by atoms with Crippen molar-refractivity contribution in [2.24, 2.45) is 0 Å². The third-order valence-electron chi connectivity index (χ3n) is 5.49. The van der Waals surface area contributed by atoms with E-state index in [0.717, 1.165) is 15.9 Å². The molecule has 2 aromatic carbocycles. The number of nitrogens with zero attached hydrogens (tertiary/aromatic N) is 2. The number of amides is 1. The molecule has 28 heavy (non-hydrogen) atoms. The Kier molecular flexibility index (Phi) is 5.54. The van der Waals surface area contributed by atoms with Crippen molar-refractivity contribution < 1.29 is 14.3 Å². The molecule has 1 aliphatic heterocycles. The molecule has 0 radical (unpaired) electrons. The Morgan fingerprint density at radius 2 is 1.79 bits per heavy atom. The van der Waals surface area contributed by atoms with Gasteiger partial charge in [-0.25, -0.2) is 0 Å². The van der Waals surface area contributed by atoms with Gasteiger partial charge >= 0.3 is 5.91 Å². The van der Waals surface area contributed by atoms with Gasteiger partial charge in [-0.05, 0) is 38.1 Å². The Morgan fingerprint density at radius 3 is 2.36 bits per heavy atom. The van der Waals surface area contributed by atoms with Gasteiger partial charge in [-0.1, -0.05) is 43.0 Å². The Labute approximate surface area is 166 Å². The number of hydrogen-bond donors (Lipinski definition) is 0. The average molecular weight is 378 g/mol. The van der Waals surface area contributed by atoms with Gasteiger partial charge in [-0.3, -0.25) is 4.79 Å². The number of para-hydroxylation sites is 1. The van der Waals surface area contributed by atoms with Crippen molar-refractivity contribution in [1.29, 1.82) is 0 Å². The normalized spacial score (nSPS) is 21.0. The first-order valence-corrected chi connectivity index (χ1v) is 9.52. The van der Waals surface area contributed by atoms with Gasteiger partial charge < -0.3 is 14.8 Å². The van der Waals surface area contributed by atoms with E-state index < -0.39 is 11.5 Å². The Morgan fingerprint density at radius 1 is 1.18 bits per heavy atom. The van der Waals surface area contributed by atoms with Gasteiger partial charge in [0.15, 0.2) is 5.92 Å². The maximum absolute atomic E-state index is 13.5. The van der Waals surface area contributed by atoms with Crippen LogP contribution in [0.4, 0.5) is 0 Å². The van der Waals surface area contributed by atoms with Crippen LogP contribution in [0.5, 0.6) is 5.75 Å². The number of benzene rings is 2. The molecule has 1 aliphatic rings. The first-order chi connectivity index (χ1) is 13.6. The van der Waals surface area contributed by atoms with Gasteiger partial charge in [0.2, 0.25) is 5.71 Å². The molecule has 3 rings (SSSR count). The van der Waals surface area contributed by atoms with E-state index in [0.29, 0.717) is 24.6 Å². The second-order valence-corrected chi connectivity index (χ2v) is 6.73. The molecule has 0 fully saturated rings. The minimum atomic E-state index is -1.40. The summed E-state index contributed by atoms with van der Waals surface area (Å²) in [6.45, 7) is 8.76. The van der Waals surface area contributed by atoms with Crippen LogP contribution >= 0.6 is 0 Å². The van der Waals surface area contributed by atoms with Crippen molar-refractivity contribution in [3.63, 3.8) is 0 Å². The molecule has 0 spiro atoms. The minimum Gasteiger partial charge on any atom is -0.623 e. The summed E-state index contributed by atoms with van der Waals surface area (Å²) in [7, 11) is 1.59. The largest absolute Gasteiger partial charge is 0.623 e. The molecule has 5 heteroatoms. The number of rotatable bonds is 7. The van der Waals surface area contributed by atoms with Gasteiger partial charge in [0, 0.05) is 24.2 Å². The zero-order valence-corrected chi connectivity index (χ0v) is 16.6. The van der Waals surface area contributed by atoms with Crippen LogP contribution in [0.2, 0.25) is 0 Å². The topological polar surface area (TPSA) is 55.6 Å². The van der Waals surface area contributed by atoms with Crippen LogP contribution in [0.3, 0.4) is 0 Å². The summed E-state index contributed by atoms with van der Waals surface area (Å²) in [6.07, 6.45) is 1.49. The molecule has 2 atom stereocenters. The first kappa shape index (κ1) is 19.7. The Bertz CT molecular complexity index is 903. The van der Waals surface area contributed by atoms with E-state index in [9.17, 15) is 10.0 Å². The van der Waals surface area contributed by atoms with Gasteiger partial charge in [-0.2, -0.15) is 4.74 Å². The standard InChI is InChI=1S/C23H26N2O3/c1-5-23(22(26)24(6-2)7-3)20(18-15-11-12-16-19(18)28-4)21(25(23)27)17-13-9-8-10-14-17/h5,8-16,20H,1,6-7H2,2-4H3/t20-,23+/m0/s1. The van der Waals surface area contributed by atoms with Crippen LogP contribution in [0, 0.1) is 5.21 Å². The lowest BCUT2D eigenvalue weighted by atomic mass is 9.67. The molecule has 2 aromatic rings. The van der Waals surface area contributed by atoms with Crippen molar-refractivity contribution in [2.45, 2.75) is 25.3 Å². The lowest BCUT2D eigenvalue weighted by Gasteiger charge is -2.45. The van der Waals surface area contributed by atoms with E-state index in [1.54, 1.807) is 12.0 Å². The number of carbonyl (C=O) groups is 1.